The number of carbonyl (C=O) groups excluding carboxylic acids is 1. The number of likely N-dealkylation sites (N-methyl/N-ethyl adjacent to an activating group) is 1. The Hall–Kier alpha value is -4.14. The Morgan fingerprint density at radius 1 is 1.12 bits per heavy atom. The predicted molar refractivity (Wildman–Crippen MR) is 115 cm³/mol. The largest absolute Gasteiger partial charge is 0.497 e. The van der Waals surface area contributed by atoms with Gasteiger partial charge < -0.3 is 9.63 Å². The summed E-state index contributed by atoms with van der Waals surface area (Å²) in [5.41, 5.74) is -1.32. The lowest BCUT2D eigenvalue weighted by Gasteiger charge is -2.22. The minimum Gasteiger partial charge on any atom is -0.497 e. The molecule has 0 fully saturated rings. The fourth-order valence-corrected chi connectivity index (χ4v) is 2.60. The summed E-state index contributed by atoms with van der Waals surface area (Å²) < 4.78 is 5.07. The van der Waals surface area contributed by atoms with Gasteiger partial charge >= 0.3 is 11.4 Å². The molecule has 1 aromatic carbocycles. The molecule has 180 valence electrons. The van der Waals surface area contributed by atoms with Gasteiger partial charge in [-0.3, -0.25) is 45.4 Å². The first-order chi connectivity index (χ1) is 15.3. The molecule has 1 unspecified atom stereocenters. The third-order valence-electron chi connectivity index (χ3n) is 4.54. The number of anilines is 1. The van der Waals surface area contributed by atoms with Gasteiger partial charge in [0.25, 0.3) is 11.4 Å². The van der Waals surface area contributed by atoms with Gasteiger partial charge in [-0.2, -0.15) is 0 Å². The number of phenolic OH excluding ortho intramolecular Hbond substituents is 1. The summed E-state index contributed by atoms with van der Waals surface area (Å²) in [5, 5.41) is 46.8. The molecule has 15 nitrogen and oxygen atoms in total. The summed E-state index contributed by atoms with van der Waals surface area (Å²) in [4.78, 5) is 41.7. The second-order valence-corrected chi connectivity index (χ2v) is 7.08. The summed E-state index contributed by atoms with van der Waals surface area (Å²) in [5.74, 6) is -0.799. The molecular formula is C18H24N6O9. The molecule has 33 heavy (non-hydrogen) atoms. The van der Waals surface area contributed by atoms with E-state index in [0.29, 0.717) is 18.0 Å². The summed E-state index contributed by atoms with van der Waals surface area (Å²) in [6.07, 6.45) is 1.79. The molecular weight excluding hydrogens is 444 g/mol. The molecule has 2 N–H and O–H groups in total. The smallest absolute Gasteiger partial charge is 0.324 e. The van der Waals surface area contributed by atoms with Crippen molar-refractivity contribution < 1.29 is 29.2 Å². The molecule has 0 spiro atoms. The molecule has 0 radical (unpaired) electrons. The quantitative estimate of drug-likeness (QED) is 0.424. The van der Waals surface area contributed by atoms with Crippen LogP contribution in [0.4, 0.5) is 22.9 Å². The summed E-state index contributed by atoms with van der Waals surface area (Å²) >= 11 is 0. The second kappa shape index (κ2) is 11.5. The highest BCUT2D eigenvalue weighted by Gasteiger charge is 2.30. The Balaban J connectivity index is 0.000000331. The molecule has 15 heteroatoms. The maximum absolute atomic E-state index is 12.1. The Labute approximate surface area is 187 Å². The lowest BCUT2D eigenvalue weighted by Crippen LogP contribution is -2.39. The molecule has 2 aromatic rings. The van der Waals surface area contributed by atoms with E-state index < -0.39 is 37.6 Å². The van der Waals surface area contributed by atoms with Gasteiger partial charge in [0.15, 0.2) is 0 Å². The number of non-ortho nitro benzene ring substituents is 1. The van der Waals surface area contributed by atoms with Crippen molar-refractivity contribution in [1.29, 1.82) is 0 Å². The molecule has 0 aliphatic carbocycles. The van der Waals surface area contributed by atoms with Gasteiger partial charge in [0.2, 0.25) is 11.8 Å². The Bertz CT molecular complexity index is 1020. The van der Waals surface area contributed by atoms with Crippen molar-refractivity contribution in [3.8, 4) is 5.75 Å². The summed E-state index contributed by atoms with van der Waals surface area (Å²) in [7, 11) is 3.80. The second-order valence-electron chi connectivity index (χ2n) is 7.08. The van der Waals surface area contributed by atoms with E-state index in [1.807, 2.05) is 32.8 Å². The average Bonchev–Trinajstić information content (AvgIpc) is 3.03. The molecule has 2 rings (SSSR count). The number of nitro benzene ring substituents is 3. The molecule has 0 saturated carbocycles. The Morgan fingerprint density at radius 3 is 1.97 bits per heavy atom. The predicted octanol–water partition coefficient (Wildman–Crippen LogP) is 3.08. The first kappa shape index (κ1) is 26.9. The highest BCUT2D eigenvalue weighted by atomic mass is 16.6. The number of hydrogen-bond acceptors (Lipinski definition) is 11. The van der Waals surface area contributed by atoms with Crippen molar-refractivity contribution in [3.05, 3.63) is 53.7 Å². The van der Waals surface area contributed by atoms with Crippen LogP contribution in [-0.2, 0) is 4.79 Å². The number of nitrogens with one attached hydrogen (secondary N) is 1. The van der Waals surface area contributed by atoms with Crippen LogP contribution in [0.25, 0.3) is 0 Å². The lowest BCUT2D eigenvalue weighted by molar-refractivity contribution is -0.404. The van der Waals surface area contributed by atoms with Gasteiger partial charge in [-0.05, 0) is 34.4 Å². The molecule has 0 saturated heterocycles. The van der Waals surface area contributed by atoms with Gasteiger partial charge in [-0.1, -0.05) is 18.5 Å². The van der Waals surface area contributed by atoms with E-state index in [9.17, 15) is 35.1 Å². The zero-order chi connectivity index (χ0) is 25.5. The molecule has 0 aliphatic heterocycles. The van der Waals surface area contributed by atoms with E-state index in [2.05, 4.69) is 17.4 Å². The summed E-state index contributed by atoms with van der Waals surface area (Å²) in [6, 6.07) is 0.759. The fourth-order valence-electron chi connectivity index (χ4n) is 2.60. The highest BCUT2D eigenvalue weighted by molar-refractivity contribution is 5.94. The minimum absolute atomic E-state index is 0.0453. The first-order valence-electron chi connectivity index (χ1n) is 9.52. The van der Waals surface area contributed by atoms with Gasteiger partial charge in [-0.15, -0.1) is 0 Å². The number of rotatable bonds is 8. The molecule has 1 aromatic heterocycles. The van der Waals surface area contributed by atoms with E-state index in [1.165, 1.54) is 0 Å². The van der Waals surface area contributed by atoms with Crippen molar-refractivity contribution in [2.24, 2.45) is 0 Å². The molecule has 1 amide bonds. The highest BCUT2D eigenvalue weighted by Crippen LogP contribution is 2.38. The normalized spacial score (nSPS) is 11.3. The van der Waals surface area contributed by atoms with Gasteiger partial charge in [0.1, 0.15) is 0 Å². The number of nitrogens with zero attached hydrogens (tertiary/aromatic N) is 5. The maximum Gasteiger partial charge on any atom is 0.324 e. The van der Waals surface area contributed by atoms with Gasteiger partial charge in [0.05, 0.1) is 38.6 Å². The van der Waals surface area contributed by atoms with E-state index in [1.54, 1.807) is 0 Å². The van der Waals surface area contributed by atoms with Crippen LogP contribution in [0.1, 0.15) is 31.0 Å². The minimum atomic E-state index is -1.21. The van der Waals surface area contributed by atoms with E-state index in [4.69, 9.17) is 9.63 Å². The average molecular weight is 468 g/mol. The van der Waals surface area contributed by atoms with Crippen molar-refractivity contribution in [3.63, 3.8) is 0 Å². The number of benzene rings is 1. The third kappa shape index (κ3) is 6.93. The van der Waals surface area contributed by atoms with Crippen LogP contribution in [0, 0.1) is 44.2 Å². The van der Waals surface area contributed by atoms with Crippen molar-refractivity contribution in [2.45, 2.75) is 39.7 Å². The van der Waals surface area contributed by atoms with Crippen LogP contribution in [0.15, 0.2) is 16.7 Å². The number of nitro groups is 3. The monoisotopic (exact) mass is 468 g/mol. The number of amides is 1. The number of hydrogen-bond donors (Lipinski definition) is 2. The zero-order valence-corrected chi connectivity index (χ0v) is 18.6. The van der Waals surface area contributed by atoms with Crippen molar-refractivity contribution in [1.82, 2.24) is 10.1 Å². The van der Waals surface area contributed by atoms with E-state index in [0.717, 1.165) is 24.1 Å². The van der Waals surface area contributed by atoms with Crippen LogP contribution in [0.2, 0.25) is 0 Å². The topological polar surface area (TPSA) is 208 Å². The fraction of sp³-hybridized carbons (Fsp3) is 0.444. The van der Waals surface area contributed by atoms with E-state index in [-0.39, 0.29) is 11.9 Å². The molecule has 1 heterocycles. The number of aryl methyl sites for hydroxylation is 1. The first-order valence-corrected chi connectivity index (χ1v) is 9.52. The van der Waals surface area contributed by atoms with Crippen LogP contribution < -0.4 is 5.32 Å². The van der Waals surface area contributed by atoms with Crippen LogP contribution in [-0.4, -0.2) is 56.0 Å². The molecule has 0 aliphatic rings. The molecule has 1 atom stereocenters. The van der Waals surface area contributed by atoms with Crippen molar-refractivity contribution in [2.75, 3.05) is 19.4 Å². The number of carbonyl (C=O) groups is 1. The third-order valence-corrected chi connectivity index (χ3v) is 4.54. The number of phenols is 1. The van der Waals surface area contributed by atoms with Gasteiger partial charge in [-0.25, -0.2) is 0 Å². The lowest BCUT2D eigenvalue weighted by atomic mass is 10.1. The Morgan fingerprint density at radius 2 is 1.64 bits per heavy atom. The van der Waals surface area contributed by atoms with Crippen LogP contribution in [0.5, 0.6) is 5.75 Å². The summed E-state index contributed by atoms with van der Waals surface area (Å²) in [6.45, 7) is 5.80. The zero-order valence-electron chi connectivity index (χ0n) is 18.6. The number of aromatic nitrogens is 1. The van der Waals surface area contributed by atoms with Crippen LogP contribution in [0.3, 0.4) is 0 Å². The SMILES string of the molecule is CCCC(C(=O)Nc1onc(C)c1C)N(C)C.O=[N+]([O-])c1cc([N+](=O)[O-])c(O)c([N+](=O)[O-])c1. The standard InChI is InChI=1S/C12H21N3O2.C6H3N3O7/c1-6-7-10(15(4)5)11(16)13-12-8(2)9(3)14-17-12;10-6-4(8(13)14)1-3(7(11)12)2-5(6)9(15)16/h10H,6-7H2,1-5H3,(H,13,16);1-2,10H. The van der Waals surface area contributed by atoms with Crippen molar-refractivity contribution >= 4 is 28.9 Å². The Kier molecular flexibility index (Phi) is 9.35. The number of aromatic hydroxyl groups is 1. The van der Waals surface area contributed by atoms with Crippen LogP contribution >= 0.6 is 0 Å². The van der Waals surface area contributed by atoms with Gasteiger partial charge in [0, 0.05) is 5.56 Å². The van der Waals surface area contributed by atoms with E-state index >= 15 is 0 Å². The molecule has 0 bridgehead atoms. The maximum atomic E-state index is 12.1.